The molecule has 2 saturated heterocycles. The van der Waals surface area contributed by atoms with Gasteiger partial charge in [-0.2, -0.15) is 0 Å². The lowest BCUT2D eigenvalue weighted by molar-refractivity contribution is -0.162. The van der Waals surface area contributed by atoms with E-state index in [1.54, 1.807) is 32.6 Å². The van der Waals surface area contributed by atoms with Gasteiger partial charge in [0.2, 0.25) is 5.91 Å². The van der Waals surface area contributed by atoms with Crippen molar-refractivity contribution in [3.05, 3.63) is 71.8 Å². The molecule has 5 rings (SSSR count). The van der Waals surface area contributed by atoms with Crippen LogP contribution in [0.3, 0.4) is 0 Å². The predicted molar refractivity (Wildman–Crippen MR) is 199 cm³/mol. The van der Waals surface area contributed by atoms with Crippen LogP contribution in [0, 0.1) is 29.6 Å². The molecule has 0 spiro atoms. The molecule has 8 atom stereocenters. The van der Waals surface area contributed by atoms with Crippen molar-refractivity contribution in [3.8, 4) is 0 Å². The van der Waals surface area contributed by atoms with Crippen molar-refractivity contribution in [1.29, 1.82) is 0 Å². The molecule has 0 radical (unpaired) electrons. The smallest absolute Gasteiger partial charge is 0.323 e. The van der Waals surface area contributed by atoms with Crippen LogP contribution in [-0.4, -0.2) is 83.3 Å². The summed E-state index contributed by atoms with van der Waals surface area (Å²) >= 11 is 0. The second-order valence-electron chi connectivity index (χ2n) is 14.4. The van der Waals surface area contributed by atoms with Gasteiger partial charge in [-0.3, -0.25) is 34.1 Å². The van der Waals surface area contributed by atoms with Gasteiger partial charge >= 0.3 is 17.9 Å². The number of nitrogens with zero attached hydrogens (tertiary/aromatic N) is 1. The molecule has 1 amide bonds. The highest BCUT2D eigenvalue weighted by Gasteiger charge is 2.52. The first-order valence-corrected chi connectivity index (χ1v) is 19.3. The van der Waals surface area contributed by atoms with Gasteiger partial charge in [-0.05, 0) is 83.3 Å². The Morgan fingerprint density at radius 3 is 1.96 bits per heavy atom. The molecule has 2 aliphatic heterocycles. The van der Waals surface area contributed by atoms with E-state index in [9.17, 15) is 33.9 Å². The van der Waals surface area contributed by atoms with E-state index in [1.165, 1.54) is 0 Å². The van der Waals surface area contributed by atoms with E-state index in [2.05, 4.69) is 5.32 Å². The van der Waals surface area contributed by atoms with Crippen LogP contribution in [0.4, 0.5) is 0 Å². The van der Waals surface area contributed by atoms with Gasteiger partial charge in [-0.15, -0.1) is 0 Å². The number of amides is 1. The molecule has 0 aromatic heterocycles. The highest BCUT2D eigenvalue weighted by molar-refractivity contribution is 6.01. The van der Waals surface area contributed by atoms with Crippen molar-refractivity contribution in [2.24, 2.45) is 29.6 Å². The van der Waals surface area contributed by atoms with Gasteiger partial charge in [0, 0.05) is 24.3 Å². The van der Waals surface area contributed by atoms with Gasteiger partial charge in [0.15, 0.2) is 11.6 Å². The summed E-state index contributed by atoms with van der Waals surface area (Å²) in [7, 11) is 0. The lowest BCUT2D eigenvalue weighted by Crippen LogP contribution is -2.56. The van der Waals surface area contributed by atoms with Crippen molar-refractivity contribution >= 4 is 35.4 Å². The number of carboxylic acids is 1. The molecule has 53 heavy (non-hydrogen) atoms. The molecule has 2 heterocycles. The van der Waals surface area contributed by atoms with Crippen LogP contribution >= 0.6 is 0 Å². The first-order chi connectivity index (χ1) is 25.5. The molecular formula is C42H56N2O9. The Kier molecular flexibility index (Phi) is 15.8. The Bertz CT molecular complexity index is 1550. The number of Topliss-reactive ketones (excluding diaryl/α,β-unsaturated/α-hetero) is 2. The Balaban J connectivity index is 0.000000237. The third kappa shape index (κ3) is 10.8. The van der Waals surface area contributed by atoms with Gasteiger partial charge in [0.1, 0.15) is 6.04 Å². The van der Waals surface area contributed by atoms with E-state index >= 15 is 0 Å². The van der Waals surface area contributed by atoms with Crippen LogP contribution in [-0.2, 0) is 51.1 Å². The molecule has 3 aliphatic rings. The number of rotatable bonds is 16. The average molecular weight is 733 g/mol. The summed E-state index contributed by atoms with van der Waals surface area (Å²) < 4.78 is 10.4. The number of hydrogen-bond donors (Lipinski definition) is 2. The fourth-order valence-electron chi connectivity index (χ4n) is 8.19. The SMILES string of the molecule is CCOC(=O)[C@H](CCc1ccccc1)C1C(=O)C2CCCN2C(=O)[C@@H]1C.CCOC(=O)[C@H](CCc1ccccc1)N[C@@H](C)C(=O)C1CCC[C@H]1C(=O)O. The lowest BCUT2D eigenvalue weighted by atomic mass is 9.72. The van der Waals surface area contributed by atoms with Crippen LogP contribution in [0.15, 0.2) is 60.7 Å². The van der Waals surface area contributed by atoms with Crippen LogP contribution in [0.25, 0.3) is 0 Å². The fraction of sp³-hybridized carbons (Fsp3) is 0.571. The molecule has 2 aromatic carbocycles. The minimum atomic E-state index is -0.913. The molecule has 11 nitrogen and oxygen atoms in total. The number of ether oxygens (including phenoxy) is 2. The second-order valence-corrected chi connectivity index (χ2v) is 14.4. The molecule has 3 fully saturated rings. The monoisotopic (exact) mass is 732 g/mol. The van der Waals surface area contributed by atoms with Gasteiger partial charge in [-0.25, -0.2) is 0 Å². The molecule has 2 aromatic rings. The van der Waals surface area contributed by atoms with Crippen molar-refractivity contribution in [3.63, 3.8) is 0 Å². The summed E-state index contributed by atoms with van der Waals surface area (Å²) in [4.78, 5) is 76.7. The Morgan fingerprint density at radius 1 is 0.811 bits per heavy atom. The lowest BCUT2D eigenvalue weighted by Gasteiger charge is -2.40. The number of carbonyl (C=O) groups excluding carboxylic acids is 5. The first-order valence-electron chi connectivity index (χ1n) is 19.3. The molecule has 3 unspecified atom stereocenters. The molecule has 1 saturated carbocycles. The van der Waals surface area contributed by atoms with E-state index in [0.717, 1.165) is 24.0 Å². The first kappa shape index (κ1) is 41.4. The Morgan fingerprint density at radius 2 is 1.38 bits per heavy atom. The number of aliphatic carboxylic acids is 1. The standard InChI is InChI=1S/C21H29NO5.C21H27NO4/c1-3-27-21(26)18(13-12-15-8-5-4-6-9-15)22-14(2)19(23)16-10-7-11-17(16)20(24)25;1-3-26-21(25)16(12-11-15-8-5-4-6-9-15)18-14(2)20(24)22-13-7-10-17(22)19(18)23/h4-6,8-9,14,16-18,22H,3,7,10-13H2,1-2H3,(H,24,25);4-6,8-9,14,16-18H,3,7,10-13H2,1-2H3/t14-,16?,17+,18-;14-,16-,17?,18?/m01/s1. The minimum absolute atomic E-state index is 0.00566. The zero-order valence-electron chi connectivity index (χ0n) is 31.5. The highest BCUT2D eigenvalue weighted by Crippen LogP contribution is 2.38. The molecule has 288 valence electrons. The average Bonchev–Trinajstić information content (AvgIpc) is 3.86. The Hall–Kier alpha value is -4.38. The van der Waals surface area contributed by atoms with Crippen molar-refractivity contribution < 1.29 is 43.3 Å². The number of nitrogens with one attached hydrogen (secondary N) is 1. The summed E-state index contributed by atoms with van der Waals surface area (Å²) in [6.07, 6.45) is 5.83. The van der Waals surface area contributed by atoms with E-state index in [1.807, 2.05) is 60.7 Å². The second kappa shape index (κ2) is 20.2. The minimum Gasteiger partial charge on any atom is -0.481 e. The van der Waals surface area contributed by atoms with E-state index in [4.69, 9.17) is 9.47 Å². The number of fused-ring (bicyclic) bond motifs is 1. The van der Waals surface area contributed by atoms with Crippen LogP contribution in [0.5, 0.6) is 0 Å². The number of esters is 2. The number of carbonyl (C=O) groups is 6. The van der Waals surface area contributed by atoms with Gasteiger partial charge in [0.25, 0.3) is 0 Å². The molecule has 11 heteroatoms. The van der Waals surface area contributed by atoms with E-state index in [0.29, 0.717) is 51.5 Å². The summed E-state index contributed by atoms with van der Waals surface area (Å²) in [5.74, 6) is -4.45. The van der Waals surface area contributed by atoms with Crippen LogP contribution < -0.4 is 5.32 Å². The predicted octanol–water partition coefficient (Wildman–Crippen LogP) is 5.22. The number of aryl methyl sites for hydroxylation is 2. The maximum Gasteiger partial charge on any atom is 0.323 e. The van der Waals surface area contributed by atoms with Gasteiger partial charge < -0.3 is 19.5 Å². The van der Waals surface area contributed by atoms with Crippen molar-refractivity contribution in [2.45, 2.75) is 104 Å². The highest BCUT2D eigenvalue weighted by atomic mass is 16.5. The molecule has 1 aliphatic carbocycles. The Labute approximate surface area is 313 Å². The maximum atomic E-state index is 13.1. The fourth-order valence-corrected chi connectivity index (χ4v) is 8.19. The molecule has 0 bridgehead atoms. The van der Waals surface area contributed by atoms with E-state index in [-0.39, 0.29) is 48.7 Å². The normalized spacial score (nSPS) is 23.9. The quantitative estimate of drug-likeness (QED) is 0.219. The van der Waals surface area contributed by atoms with Gasteiger partial charge in [-0.1, -0.05) is 74.0 Å². The topological polar surface area (TPSA) is 156 Å². The number of carboxylic acid groups (broad SMARTS) is 1. The summed E-state index contributed by atoms with van der Waals surface area (Å²) in [5.41, 5.74) is 2.22. The van der Waals surface area contributed by atoms with Crippen molar-refractivity contribution in [2.75, 3.05) is 19.8 Å². The van der Waals surface area contributed by atoms with Crippen LogP contribution in [0.1, 0.15) is 83.8 Å². The number of benzene rings is 2. The molecular weight excluding hydrogens is 676 g/mol. The zero-order chi connectivity index (χ0) is 38.5. The molecule has 2 N–H and O–H groups in total. The summed E-state index contributed by atoms with van der Waals surface area (Å²) in [6.45, 7) is 8.20. The van der Waals surface area contributed by atoms with Crippen molar-refractivity contribution in [1.82, 2.24) is 10.2 Å². The van der Waals surface area contributed by atoms with Crippen LogP contribution in [0.2, 0.25) is 0 Å². The largest absolute Gasteiger partial charge is 0.481 e. The number of hydrogen-bond acceptors (Lipinski definition) is 9. The van der Waals surface area contributed by atoms with E-state index < -0.39 is 47.6 Å². The summed E-state index contributed by atoms with van der Waals surface area (Å²) in [5, 5.41) is 12.4. The number of piperidine rings is 1. The maximum absolute atomic E-state index is 13.1. The summed E-state index contributed by atoms with van der Waals surface area (Å²) in [6, 6.07) is 18.2. The number of ketones is 2. The van der Waals surface area contributed by atoms with Gasteiger partial charge in [0.05, 0.1) is 37.1 Å². The zero-order valence-corrected chi connectivity index (χ0v) is 31.5. The third-order valence-electron chi connectivity index (χ3n) is 10.9. The third-order valence-corrected chi connectivity index (χ3v) is 10.9.